The van der Waals surface area contributed by atoms with E-state index < -0.39 is 5.91 Å². The average molecular weight is 435 g/mol. The van der Waals surface area contributed by atoms with E-state index in [9.17, 15) is 9.90 Å². The molecule has 11 nitrogen and oxygen atoms in total. The summed E-state index contributed by atoms with van der Waals surface area (Å²) in [6.07, 6.45) is 1.32. The molecule has 0 saturated heterocycles. The highest BCUT2D eigenvalue weighted by atomic mass is 79.9. The fraction of sp³-hybridized carbons (Fsp3) is 0.200. The quantitative estimate of drug-likeness (QED) is 0.403. The number of nitrogen functional groups attached to an aromatic ring is 1. The average Bonchev–Trinajstić information content (AvgIpc) is 3.23. The molecule has 1 amide bonds. The van der Waals surface area contributed by atoms with E-state index in [1.165, 1.54) is 17.0 Å². The fourth-order valence-electron chi connectivity index (χ4n) is 2.31. The van der Waals surface area contributed by atoms with Crippen LogP contribution in [-0.4, -0.2) is 42.5 Å². The molecule has 12 heteroatoms. The van der Waals surface area contributed by atoms with E-state index in [0.29, 0.717) is 11.3 Å². The maximum atomic E-state index is 12.5. The highest BCUT2D eigenvalue weighted by Gasteiger charge is 2.25. The molecule has 0 bridgehead atoms. The molecule has 0 fully saturated rings. The van der Waals surface area contributed by atoms with Crippen molar-refractivity contribution in [2.75, 3.05) is 5.73 Å². The third-order valence-corrected chi connectivity index (χ3v) is 4.02. The third kappa shape index (κ3) is 3.79. The molecule has 140 valence electrons. The minimum absolute atomic E-state index is 0.0249. The number of anilines is 1. The lowest BCUT2D eigenvalue weighted by Crippen LogP contribution is -2.21. The van der Waals surface area contributed by atoms with Gasteiger partial charge < -0.3 is 10.8 Å². The fourth-order valence-corrected chi connectivity index (χ4v) is 2.68. The van der Waals surface area contributed by atoms with Gasteiger partial charge in [-0.2, -0.15) is 9.78 Å². The van der Waals surface area contributed by atoms with Gasteiger partial charge in [-0.05, 0) is 34.4 Å². The minimum atomic E-state index is -0.578. The molecule has 1 aromatic carbocycles. The Labute approximate surface area is 161 Å². The number of halogens is 1. The Morgan fingerprint density at radius 3 is 2.89 bits per heavy atom. The minimum Gasteiger partial charge on any atom is -0.507 e. The van der Waals surface area contributed by atoms with Crippen LogP contribution in [0.15, 0.2) is 32.4 Å². The van der Waals surface area contributed by atoms with Crippen LogP contribution in [-0.2, 0) is 0 Å². The Balaban J connectivity index is 1.85. The number of phenols is 1. The van der Waals surface area contributed by atoms with Crippen LogP contribution in [0.3, 0.4) is 0 Å². The predicted molar refractivity (Wildman–Crippen MR) is 98.6 cm³/mol. The van der Waals surface area contributed by atoms with E-state index in [2.05, 4.69) is 51.7 Å². The van der Waals surface area contributed by atoms with Crippen molar-refractivity contribution in [1.82, 2.24) is 30.7 Å². The van der Waals surface area contributed by atoms with Crippen molar-refractivity contribution in [3.63, 3.8) is 0 Å². The number of nitrogens with one attached hydrogen (secondary N) is 1. The van der Waals surface area contributed by atoms with Crippen LogP contribution in [0.5, 0.6) is 5.75 Å². The number of aromatic nitrogens is 5. The highest BCUT2D eigenvalue weighted by molar-refractivity contribution is 9.10. The first-order chi connectivity index (χ1) is 12.9. The number of carbonyl (C=O) groups is 1. The number of nitrogens with zero attached hydrogens (tertiary/aromatic N) is 6. The van der Waals surface area contributed by atoms with Gasteiger partial charge in [0.15, 0.2) is 5.69 Å². The van der Waals surface area contributed by atoms with Crippen LogP contribution in [0.4, 0.5) is 5.82 Å². The van der Waals surface area contributed by atoms with E-state index in [1.54, 1.807) is 12.1 Å². The number of nitrogens with two attached hydrogens (primary N) is 1. The zero-order valence-corrected chi connectivity index (χ0v) is 15.9. The first kappa shape index (κ1) is 18.5. The van der Waals surface area contributed by atoms with E-state index in [1.807, 2.05) is 13.8 Å². The largest absolute Gasteiger partial charge is 0.507 e. The first-order valence-corrected chi connectivity index (χ1v) is 8.53. The van der Waals surface area contributed by atoms with E-state index in [0.717, 1.165) is 4.47 Å². The normalized spacial score (nSPS) is 11.4. The van der Waals surface area contributed by atoms with Gasteiger partial charge >= 0.3 is 0 Å². The van der Waals surface area contributed by atoms with Crippen molar-refractivity contribution < 1.29 is 14.5 Å². The van der Waals surface area contributed by atoms with Crippen LogP contribution in [0.25, 0.3) is 5.82 Å². The van der Waals surface area contributed by atoms with Crippen LogP contribution in [0, 0.1) is 0 Å². The van der Waals surface area contributed by atoms with Crippen molar-refractivity contribution in [2.45, 2.75) is 19.8 Å². The van der Waals surface area contributed by atoms with Crippen molar-refractivity contribution in [1.29, 1.82) is 0 Å². The SMILES string of the molecule is CC(C)c1c(C(=O)N/N=C/c2cc(Br)ccc2O)nnn1-c1nonc1N. The van der Waals surface area contributed by atoms with Crippen molar-refractivity contribution >= 4 is 33.9 Å². The number of phenolic OH excluding ortho intramolecular Hbond substituents is 1. The van der Waals surface area contributed by atoms with Gasteiger partial charge in [-0.25, -0.2) is 10.1 Å². The Hall–Kier alpha value is -3.28. The van der Waals surface area contributed by atoms with E-state index in [4.69, 9.17) is 5.73 Å². The molecule has 27 heavy (non-hydrogen) atoms. The molecule has 0 unspecified atom stereocenters. The summed E-state index contributed by atoms with van der Waals surface area (Å²) in [5, 5.41) is 28.6. The molecule has 4 N–H and O–H groups in total. The molecule has 0 atom stereocenters. The number of amides is 1. The molecular weight excluding hydrogens is 420 g/mol. The highest BCUT2D eigenvalue weighted by Crippen LogP contribution is 2.23. The van der Waals surface area contributed by atoms with Crippen LogP contribution >= 0.6 is 15.9 Å². The molecular formula is C15H15BrN8O3. The molecule has 0 saturated carbocycles. The lowest BCUT2D eigenvalue weighted by atomic mass is 10.1. The molecule has 0 aliphatic carbocycles. The van der Waals surface area contributed by atoms with Gasteiger partial charge in [0.1, 0.15) is 5.75 Å². The predicted octanol–water partition coefficient (Wildman–Crippen LogP) is 1.59. The third-order valence-electron chi connectivity index (χ3n) is 3.52. The summed E-state index contributed by atoms with van der Waals surface area (Å²) in [6, 6.07) is 4.84. The number of hydrogen-bond acceptors (Lipinski definition) is 9. The summed E-state index contributed by atoms with van der Waals surface area (Å²) in [5.41, 5.74) is 9.01. The number of rotatable bonds is 5. The standard InChI is InChI=1S/C15H15BrN8O3/c1-7(2)12-11(19-23-24(12)14-13(17)21-27-22-14)15(26)20-18-6-8-5-9(16)3-4-10(8)25/h3-7,25H,1-2H3,(H2,17,21)(H,20,26)/b18-6+. The number of benzene rings is 1. The smallest absolute Gasteiger partial charge is 0.293 e. The lowest BCUT2D eigenvalue weighted by molar-refractivity contribution is 0.0948. The summed E-state index contributed by atoms with van der Waals surface area (Å²) >= 11 is 3.30. The van der Waals surface area contributed by atoms with E-state index in [-0.39, 0.29) is 29.0 Å². The molecule has 3 rings (SSSR count). The van der Waals surface area contributed by atoms with Gasteiger partial charge in [0, 0.05) is 10.0 Å². The van der Waals surface area contributed by atoms with E-state index >= 15 is 0 Å². The monoisotopic (exact) mass is 434 g/mol. The summed E-state index contributed by atoms with van der Waals surface area (Å²) < 4.78 is 6.64. The zero-order valence-electron chi connectivity index (χ0n) is 14.3. The number of hydrazone groups is 1. The Kier molecular flexibility index (Phi) is 5.16. The van der Waals surface area contributed by atoms with Gasteiger partial charge in [0.2, 0.25) is 11.6 Å². The lowest BCUT2D eigenvalue weighted by Gasteiger charge is -2.08. The maximum Gasteiger partial charge on any atom is 0.293 e. The summed E-state index contributed by atoms with van der Waals surface area (Å²) in [5.74, 6) is -0.510. The molecule has 0 aliphatic heterocycles. The van der Waals surface area contributed by atoms with Gasteiger partial charge in [0.05, 0.1) is 11.9 Å². The van der Waals surface area contributed by atoms with Gasteiger partial charge in [-0.3, -0.25) is 4.79 Å². The number of hydrogen-bond donors (Lipinski definition) is 3. The molecule has 0 spiro atoms. The maximum absolute atomic E-state index is 12.5. The first-order valence-electron chi connectivity index (χ1n) is 7.74. The number of carbonyl (C=O) groups excluding carboxylic acids is 1. The second kappa shape index (κ2) is 7.53. The second-order valence-corrected chi connectivity index (χ2v) is 6.68. The van der Waals surface area contributed by atoms with Gasteiger partial charge in [0.25, 0.3) is 5.91 Å². The molecule has 2 heterocycles. The molecule has 0 radical (unpaired) electrons. The summed E-state index contributed by atoms with van der Waals surface area (Å²) in [7, 11) is 0. The Bertz CT molecular complexity index is 1010. The van der Waals surface area contributed by atoms with Crippen LogP contribution in [0.1, 0.15) is 41.5 Å². The van der Waals surface area contributed by atoms with Gasteiger partial charge in [-0.15, -0.1) is 5.10 Å². The van der Waals surface area contributed by atoms with Crippen molar-refractivity contribution in [3.05, 3.63) is 39.6 Å². The number of aromatic hydroxyl groups is 1. The summed E-state index contributed by atoms with van der Waals surface area (Å²) in [4.78, 5) is 12.5. The molecule has 2 aromatic heterocycles. The topological polar surface area (TPSA) is 157 Å². The van der Waals surface area contributed by atoms with Crippen LogP contribution < -0.4 is 11.2 Å². The molecule has 0 aliphatic rings. The zero-order chi connectivity index (χ0) is 19.6. The summed E-state index contributed by atoms with van der Waals surface area (Å²) in [6.45, 7) is 3.72. The van der Waals surface area contributed by atoms with Gasteiger partial charge in [-0.1, -0.05) is 35.0 Å². The van der Waals surface area contributed by atoms with Crippen molar-refractivity contribution in [3.8, 4) is 11.6 Å². The molecule has 3 aromatic rings. The Morgan fingerprint density at radius 1 is 1.44 bits per heavy atom. The second-order valence-electron chi connectivity index (χ2n) is 5.77. The Morgan fingerprint density at radius 2 is 2.22 bits per heavy atom. The van der Waals surface area contributed by atoms with Crippen LogP contribution in [0.2, 0.25) is 0 Å². The van der Waals surface area contributed by atoms with Crippen molar-refractivity contribution in [2.24, 2.45) is 5.10 Å².